The monoisotopic (exact) mass is 498 g/mol. The molecule has 0 radical (unpaired) electrons. The SMILES string of the molecule is CC1(C)c2cc3c(cc2N(S(=O)(=O)c2ccccc2[N+](=O)[O-])CC1Sc1ccccc1)OCO3. The predicted molar refractivity (Wildman–Crippen MR) is 129 cm³/mol. The highest BCUT2D eigenvalue weighted by atomic mass is 32.2. The first kappa shape index (κ1) is 22.5. The fourth-order valence-electron chi connectivity index (χ4n) is 4.32. The second kappa shape index (κ2) is 8.21. The number of nitrogens with zero attached hydrogens (tertiary/aromatic N) is 2. The Bertz CT molecular complexity index is 1380. The van der Waals surface area contributed by atoms with Crippen LogP contribution in [-0.4, -0.2) is 31.9 Å². The minimum Gasteiger partial charge on any atom is -0.454 e. The number of hydrogen-bond donors (Lipinski definition) is 0. The zero-order chi connectivity index (χ0) is 24.1. The second-order valence-electron chi connectivity index (χ2n) is 8.62. The predicted octanol–water partition coefficient (Wildman–Crippen LogP) is 4.97. The van der Waals surface area contributed by atoms with Crippen molar-refractivity contribution in [1.29, 1.82) is 0 Å². The number of thioether (sulfide) groups is 1. The van der Waals surface area contributed by atoms with Gasteiger partial charge in [0.2, 0.25) is 6.79 Å². The molecule has 0 saturated carbocycles. The number of anilines is 1. The van der Waals surface area contributed by atoms with Gasteiger partial charge in [0.15, 0.2) is 16.4 Å². The van der Waals surface area contributed by atoms with E-state index in [1.54, 1.807) is 17.8 Å². The lowest BCUT2D eigenvalue weighted by Crippen LogP contribution is -2.49. The highest BCUT2D eigenvalue weighted by molar-refractivity contribution is 8.00. The molecule has 3 aromatic rings. The third kappa shape index (κ3) is 3.67. The summed E-state index contributed by atoms with van der Waals surface area (Å²) < 4.78 is 40.2. The van der Waals surface area contributed by atoms with Crippen LogP contribution in [0.15, 0.2) is 76.5 Å². The molecule has 5 rings (SSSR count). The van der Waals surface area contributed by atoms with E-state index in [-0.39, 0.29) is 23.5 Å². The van der Waals surface area contributed by atoms with Crippen LogP contribution in [0.3, 0.4) is 0 Å². The summed E-state index contributed by atoms with van der Waals surface area (Å²) in [4.78, 5) is 11.6. The van der Waals surface area contributed by atoms with Gasteiger partial charge in [-0.3, -0.25) is 14.4 Å². The second-order valence-corrected chi connectivity index (χ2v) is 11.7. The van der Waals surface area contributed by atoms with Crippen LogP contribution in [0.4, 0.5) is 11.4 Å². The number of para-hydroxylation sites is 1. The molecule has 0 aliphatic carbocycles. The maximum absolute atomic E-state index is 13.9. The van der Waals surface area contributed by atoms with E-state index in [2.05, 4.69) is 13.8 Å². The van der Waals surface area contributed by atoms with Crippen molar-refractivity contribution in [3.05, 3.63) is 82.4 Å². The van der Waals surface area contributed by atoms with Crippen LogP contribution in [0.25, 0.3) is 0 Å². The van der Waals surface area contributed by atoms with Crippen molar-refractivity contribution >= 4 is 33.2 Å². The molecule has 1 unspecified atom stereocenters. The van der Waals surface area contributed by atoms with E-state index < -0.39 is 26.0 Å². The third-order valence-corrected chi connectivity index (χ3v) is 9.64. The zero-order valence-corrected chi connectivity index (χ0v) is 20.1. The molecule has 2 heterocycles. The lowest BCUT2D eigenvalue weighted by atomic mass is 9.77. The van der Waals surface area contributed by atoms with Crippen LogP contribution >= 0.6 is 11.8 Å². The van der Waals surface area contributed by atoms with Crippen LogP contribution < -0.4 is 13.8 Å². The van der Waals surface area contributed by atoms with Crippen LogP contribution in [-0.2, 0) is 15.4 Å². The number of benzene rings is 3. The first-order chi connectivity index (χ1) is 16.2. The van der Waals surface area contributed by atoms with E-state index in [0.29, 0.717) is 17.2 Å². The van der Waals surface area contributed by atoms with Crippen molar-refractivity contribution in [3.8, 4) is 11.5 Å². The van der Waals surface area contributed by atoms with Crippen molar-refractivity contribution in [3.63, 3.8) is 0 Å². The van der Waals surface area contributed by atoms with Crippen molar-refractivity contribution in [2.75, 3.05) is 17.6 Å². The van der Waals surface area contributed by atoms with Crippen molar-refractivity contribution in [2.24, 2.45) is 0 Å². The minimum absolute atomic E-state index is 0.0533. The summed E-state index contributed by atoms with van der Waals surface area (Å²) in [6.07, 6.45) is 0. The Balaban J connectivity index is 1.68. The fourth-order valence-corrected chi connectivity index (χ4v) is 7.36. The lowest BCUT2D eigenvalue weighted by molar-refractivity contribution is -0.387. The molecule has 2 aliphatic heterocycles. The van der Waals surface area contributed by atoms with Gasteiger partial charge in [-0.15, -0.1) is 11.8 Å². The maximum atomic E-state index is 13.9. The average Bonchev–Trinajstić information content (AvgIpc) is 3.28. The number of nitro benzene ring substituents is 1. The van der Waals surface area contributed by atoms with Gasteiger partial charge >= 0.3 is 0 Å². The number of rotatable bonds is 5. The largest absolute Gasteiger partial charge is 0.454 e. The molecule has 8 nitrogen and oxygen atoms in total. The van der Waals surface area contributed by atoms with E-state index in [0.717, 1.165) is 10.5 Å². The third-order valence-electron chi connectivity index (χ3n) is 6.24. The van der Waals surface area contributed by atoms with Crippen LogP contribution in [0, 0.1) is 10.1 Å². The lowest BCUT2D eigenvalue weighted by Gasteiger charge is -2.45. The number of nitro groups is 1. The molecule has 0 N–H and O–H groups in total. The normalized spacial score (nSPS) is 18.4. The fraction of sp³-hybridized carbons (Fsp3) is 0.250. The molecule has 0 aromatic heterocycles. The number of hydrogen-bond acceptors (Lipinski definition) is 7. The van der Waals surface area contributed by atoms with Crippen LogP contribution in [0.2, 0.25) is 0 Å². The molecule has 0 fully saturated rings. The molecule has 1 atom stereocenters. The Hall–Kier alpha value is -3.24. The van der Waals surface area contributed by atoms with Crippen LogP contribution in [0.1, 0.15) is 19.4 Å². The Morgan fingerprint density at radius 1 is 1.03 bits per heavy atom. The topological polar surface area (TPSA) is 99.0 Å². The number of ether oxygens (including phenoxy) is 2. The van der Waals surface area contributed by atoms with E-state index >= 15 is 0 Å². The maximum Gasteiger partial charge on any atom is 0.289 e. The van der Waals surface area contributed by atoms with Crippen molar-refractivity contribution < 1.29 is 22.8 Å². The summed E-state index contributed by atoms with van der Waals surface area (Å²) >= 11 is 1.58. The summed E-state index contributed by atoms with van der Waals surface area (Å²) in [5.74, 6) is 1.01. The number of fused-ring (bicyclic) bond motifs is 2. The van der Waals surface area contributed by atoms with Gasteiger partial charge in [-0.25, -0.2) is 8.42 Å². The first-order valence-electron chi connectivity index (χ1n) is 10.6. The minimum atomic E-state index is -4.26. The summed E-state index contributed by atoms with van der Waals surface area (Å²) in [7, 11) is -4.26. The highest BCUT2D eigenvalue weighted by Gasteiger charge is 2.46. The summed E-state index contributed by atoms with van der Waals surface area (Å²) in [6.45, 7) is 4.33. The Morgan fingerprint density at radius 3 is 2.38 bits per heavy atom. The van der Waals surface area contributed by atoms with Gasteiger partial charge in [-0.1, -0.05) is 44.2 Å². The van der Waals surface area contributed by atoms with Gasteiger partial charge in [-0.2, -0.15) is 0 Å². The molecule has 0 amide bonds. The summed E-state index contributed by atoms with van der Waals surface area (Å²) in [6, 6.07) is 18.7. The molecule has 10 heteroatoms. The van der Waals surface area contributed by atoms with Gasteiger partial charge in [-0.05, 0) is 29.8 Å². The Morgan fingerprint density at radius 2 is 1.68 bits per heavy atom. The van der Waals surface area contributed by atoms with E-state index in [9.17, 15) is 18.5 Å². The van der Waals surface area contributed by atoms with Crippen molar-refractivity contribution in [1.82, 2.24) is 0 Å². The summed E-state index contributed by atoms with van der Waals surface area (Å²) in [5.41, 5.74) is 0.323. The highest BCUT2D eigenvalue weighted by Crippen LogP contribution is 2.52. The molecule has 2 aliphatic rings. The van der Waals surface area contributed by atoms with E-state index in [1.807, 2.05) is 36.4 Å². The van der Waals surface area contributed by atoms with Gasteiger partial charge in [0.05, 0.1) is 10.6 Å². The molecular formula is C24H22N2O6S2. The first-order valence-corrected chi connectivity index (χ1v) is 12.9. The molecule has 176 valence electrons. The van der Waals surface area contributed by atoms with E-state index in [1.165, 1.54) is 28.6 Å². The van der Waals surface area contributed by atoms with Crippen molar-refractivity contribution in [2.45, 2.75) is 34.3 Å². The molecule has 0 saturated heterocycles. The summed E-state index contributed by atoms with van der Waals surface area (Å²) in [5, 5.41) is 11.5. The standard InChI is InChI=1S/C24H22N2O6S2/c1-24(2)17-12-20-21(32-15-31-20)13-19(17)25(14-23(24)33-16-8-4-3-5-9-16)34(29,30)22-11-7-6-10-18(22)26(27)28/h3-13,23H,14-15H2,1-2H3. The zero-order valence-electron chi connectivity index (χ0n) is 18.5. The molecule has 3 aromatic carbocycles. The van der Waals surface area contributed by atoms with Gasteiger partial charge < -0.3 is 9.47 Å². The molecular weight excluding hydrogens is 476 g/mol. The Kier molecular flexibility index (Phi) is 5.44. The quantitative estimate of drug-likeness (QED) is 0.362. The molecule has 0 bridgehead atoms. The smallest absolute Gasteiger partial charge is 0.289 e. The molecule has 0 spiro atoms. The van der Waals surface area contributed by atoms with Gasteiger partial charge in [0.25, 0.3) is 15.7 Å². The van der Waals surface area contributed by atoms with Gasteiger partial charge in [0.1, 0.15) is 0 Å². The molecule has 34 heavy (non-hydrogen) atoms. The number of sulfonamides is 1. The van der Waals surface area contributed by atoms with Crippen LogP contribution in [0.5, 0.6) is 11.5 Å². The van der Waals surface area contributed by atoms with E-state index in [4.69, 9.17) is 9.47 Å². The average molecular weight is 499 g/mol. The Labute approximate surface area is 201 Å². The van der Waals surface area contributed by atoms with Gasteiger partial charge in [0, 0.05) is 34.2 Å².